The summed E-state index contributed by atoms with van der Waals surface area (Å²) in [6, 6.07) is 8.30. The van der Waals surface area contributed by atoms with Gasteiger partial charge in [0.1, 0.15) is 5.78 Å². The highest BCUT2D eigenvalue weighted by Crippen LogP contribution is 2.18. The third-order valence-electron chi connectivity index (χ3n) is 3.58. The van der Waals surface area contributed by atoms with Gasteiger partial charge in [0.2, 0.25) is 0 Å². The van der Waals surface area contributed by atoms with Crippen molar-refractivity contribution in [3.8, 4) is 0 Å². The van der Waals surface area contributed by atoms with Crippen molar-refractivity contribution in [2.24, 2.45) is 5.92 Å². The largest absolute Gasteiger partial charge is 0.299 e. The van der Waals surface area contributed by atoms with Gasteiger partial charge < -0.3 is 0 Å². The fourth-order valence-corrected chi connectivity index (χ4v) is 2.27. The van der Waals surface area contributed by atoms with Crippen LogP contribution >= 0.6 is 0 Å². The highest BCUT2D eigenvalue weighted by molar-refractivity contribution is 5.81. The Kier molecular flexibility index (Phi) is 6.70. The average molecular weight is 246 g/mol. The lowest BCUT2D eigenvalue weighted by atomic mass is 9.92. The first-order valence-corrected chi connectivity index (χ1v) is 7.23. The summed E-state index contributed by atoms with van der Waals surface area (Å²) >= 11 is 0. The molecule has 1 rings (SSSR count). The van der Waals surface area contributed by atoms with E-state index in [1.165, 1.54) is 24.8 Å². The van der Waals surface area contributed by atoms with Crippen LogP contribution in [0.4, 0.5) is 0 Å². The van der Waals surface area contributed by atoms with Gasteiger partial charge in [-0.25, -0.2) is 0 Å². The monoisotopic (exact) mass is 246 g/mol. The molecule has 0 aliphatic heterocycles. The Bertz CT molecular complexity index is 350. The molecule has 1 aromatic rings. The summed E-state index contributed by atoms with van der Waals surface area (Å²) in [5, 5.41) is 0. The van der Waals surface area contributed by atoms with Gasteiger partial charge in [0, 0.05) is 12.8 Å². The number of ketones is 1. The molecule has 0 aromatic heterocycles. The van der Waals surface area contributed by atoms with Gasteiger partial charge in [-0.3, -0.25) is 4.79 Å². The maximum atomic E-state index is 12.0. The predicted octanol–water partition coefficient (Wildman–Crippen LogP) is 4.71. The smallest absolute Gasteiger partial charge is 0.137 e. The highest BCUT2D eigenvalue weighted by atomic mass is 16.1. The van der Waals surface area contributed by atoms with Crippen LogP contribution in [0, 0.1) is 12.8 Å². The zero-order chi connectivity index (χ0) is 13.4. The van der Waals surface area contributed by atoms with Crippen molar-refractivity contribution in [2.75, 3.05) is 0 Å². The Morgan fingerprint density at radius 3 is 2.39 bits per heavy atom. The summed E-state index contributed by atoms with van der Waals surface area (Å²) in [5.41, 5.74) is 2.40. The van der Waals surface area contributed by atoms with E-state index in [2.05, 4.69) is 45.0 Å². The SMILES string of the molecule is CCCCC(CC)CC(=O)Cc1ccc(C)cc1. The molecule has 0 aliphatic carbocycles. The van der Waals surface area contributed by atoms with Crippen LogP contribution in [0.1, 0.15) is 57.1 Å². The second-order valence-electron chi connectivity index (χ2n) is 5.32. The molecule has 1 unspecified atom stereocenters. The van der Waals surface area contributed by atoms with Crippen molar-refractivity contribution in [1.29, 1.82) is 0 Å². The first kappa shape index (κ1) is 14.9. The number of unbranched alkanes of at least 4 members (excludes halogenated alkanes) is 1. The van der Waals surface area contributed by atoms with Gasteiger partial charge in [0.05, 0.1) is 0 Å². The van der Waals surface area contributed by atoms with Crippen molar-refractivity contribution in [2.45, 2.75) is 59.3 Å². The number of aryl methyl sites for hydroxylation is 1. The molecule has 0 spiro atoms. The molecule has 1 aromatic carbocycles. The molecule has 0 heterocycles. The predicted molar refractivity (Wildman–Crippen MR) is 77.8 cm³/mol. The van der Waals surface area contributed by atoms with Crippen molar-refractivity contribution >= 4 is 5.78 Å². The summed E-state index contributed by atoms with van der Waals surface area (Å²) in [5.74, 6) is 0.977. The standard InChI is InChI=1S/C17H26O/c1-4-6-7-15(5-2)12-17(18)13-16-10-8-14(3)9-11-16/h8-11,15H,4-7,12-13H2,1-3H3. The van der Waals surface area contributed by atoms with Gasteiger partial charge in [-0.05, 0) is 18.4 Å². The molecule has 0 bridgehead atoms. The molecular weight excluding hydrogens is 220 g/mol. The Labute approximate surface area is 112 Å². The molecule has 1 atom stereocenters. The fraction of sp³-hybridized carbons (Fsp3) is 0.588. The van der Waals surface area contributed by atoms with Crippen LogP contribution in [0.25, 0.3) is 0 Å². The molecule has 0 radical (unpaired) electrons. The molecule has 0 saturated heterocycles. The average Bonchev–Trinajstić information content (AvgIpc) is 2.37. The molecule has 0 N–H and O–H groups in total. The van der Waals surface area contributed by atoms with E-state index in [4.69, 9.17) is 0 Å². The highest BCUT2D eigenvalue weighted by Gasteiger charge is 2.12. The van der Waals surface area contributed by atoms with Crippen LogP contribution in [0.2, 0.25) is 0 Å². The molecule has 0 fully saturated rings. The van der Waals surface area contributed by atoms with E-state index >= 15 is 0 Å². The summed E-state index contributed by atoms with van der Waals surface area (Å²) in [6.07, 6.45) is 6.15. The van der Waals surface area contributed by atoms with Crippen molar-refractivity contribution in [3.63, 3.8) is 0 Å². The number of rotatable bonds is 8. The lowest BCUT2D eigenvalue weighted by Crippen LogP contribution is -2.10. The van der Waals surface area contributed by atoms with Crippen LogP contribution in [0.5, 0.6) is 0 Å². The number of hydrogen-bond donors (Lipinski definition) is 0. The number of carbonyl (C=O) groups is 1. The van der Waals surface area contributed by atoms with Crippen LogP contribution in [0.3, 0.4) is 0 Å². The van der Waals surface area contributed by atoms with E-state index in [9.17, 15) is 4.79 Å². The van der Waals surface area contributed by atoms with Crippen molar-refractivity contribution in [3.05, 3.63) is 35.4 Å². The van der Waals surface area contributed by atoms with E-state index in [0.29, 0.717) is 18.1 Å². The number of Topliss-reactive ketones (excluding diaryl/α,β-unsaturated/α-hetero) is 1. The third-order valence-corrected chi connectivity index (χ3v) is 3.58. The topological polar surface area (TPSA) is 17.1 Å². The van der Waals surface area contributed by atoms with E-state index in [1.807, 2.05) is 0 Å². The number of benzene rings is 1. The van der Waals surface area contributed by atoms with Gasteiger partial charge in [0.15, 0.2) is 0 Å². The lowest BCUT2D eigenvalue weighted by molar-refractivity contribution is -0.119. The summed E-state index contributed by atoms with van der Waals surface area (Å²) in [6.45, 7) is 6.48. The Morgan fingerprint density at radius 1 is 1.17 bits per heavy atom. The fourth-order valence-electron chi connectivity index (χ4n) is 2.27. The summed E-state index contributed by atoms with van der Waals surface area (Å²) in [4.78, 5) is 12.0. The first-order chi connectivity index (χ1) is 8.65. The van der Waals surface area contributed by atoms with Crippen LogP contribution < -0.4 is 0 Å². The molecule has 0 saturated carbocycles. The molecule has 1 nitrogen and oxygen atoms in total. The van der Waals surface area contributed by atoms with Crippen LogP contribution in [0.15, 0.2) is 24.3 Å². The zero-order valence-corrected chi connectivity index (χ0v) is 12.0. The molecular formula is C17H26O. The normalized spacial score (nSPS) is 12.4. The second kappa shape index (κ2) is 8.07. The number of hydrogen-bond acceptors (Lipinski definition) is 1. The van der Waals surface area contributed by atoms with Gasteiger partial charge in [0.25, 0.3) is 0 Å². The first-order valence-electron chi connectivity index (χ1n) is 7.23. The molecule has 1 heteroatoms. The molecule has 18 heavy (non-hydrogen) atoms. The third kappa shape index (κ3) is 5.48. The minimum absolute atomic E-state index is 0.391. The lowest BCUT2D eigenvalue weighted by Gasteiger charge is -2.13. The van der Waals surface area contributed by atoms with Crippen LogP contribution in [-0.4, -0.2) is 5.78 Å². The minimum atomic E-state index is 0.391. The van der Waals surface area contributed by atoms with Crippen molar-refractivity contribution < 1.29 is 4.79 Å². The van der Waals surface area contributed by atoms with Gasteiger partial charge in [-0.1, -0.05) is 69.4 Å². The van der Waals surface area contributed by atoms with E-state index in [1.54, 1.807) is 0 Å². The molecule has 0 aliphatic rings. The zero-order valence-electron chi connectivity index (χ0n) is 12.0. The van der Waals surface area contributed by atoms with E-state index < -0.39 is 0 Å². The quantitative estimate of drug-likeness (QED) is 0.649. The Balaban J connectivity index is 2.42. The second-order valence-corrected chi connectivity index (χ2v) is 5.32. The van der Waals surface area contributed by atoms with Crippen molar-refractivity contribution in [1.82, 2.24) is 0 Å². The minimum Gasteiger partial charge on any atom is -0.299 e. The Hall–Kier alpha value is -1.11. The van der Waals surface area contributed by atoms with Gasteiger partial charge >= 0.3 is 0 Å². The summed E-state index contributed by atoms with van der Waals surface area (Å²) < 4.78 is 0. The Morgan fingerprint density at radius 2 is 1.83 bits per heavy atom. The molecule has 0 amide bonds. The van der Waals surface area contributed by atoms with E-state index in [-0.39, 0.29) is 0 Å². The van der Waals surface area contributed by atoms with Crippen LogP contribution in [-0.2, 0) is 11.2 Å². The van der Waals surface area contributed by atoms with E-state index in [0.717, 1.165) is 18.4 Å². The maximum absolute atomic E-state index is 12.0. The van der Waals surface area contributed by atoms with Gasteiger partial charge in [-0.15, -0.1) is 0 Å². The number of carbonyl (C=O) groups excluding carboxylic acids is 1. The maximum Gasteiger partial charge on any atom is 0.137 e. The summed E-state index contributed by atoms with van der Waals surface area (Å²) in [7, 11) is 0. The van der Waals surface area contributed by atoms with Gasteiger partial charge in [-0.2, -0.15) is 0 Å². The molecule has 100 valence electrons.